The standard InChI is InChI=1S/C16H26N2/c1-18(16-9-5-6-10-16)13-15(17)12-11-14-7-3-2-4-8-14/h2-4,7-8,15-16H,5-6,9-13,17H2,1H3. The molecule has 100 valence electrons. The van der Waals surface area contributed by atoms with Crippen LogP contribution in [0.1, 0.15) is 37.7 Å². The molecule has 0 heterocycles. The summed E-state index contributed by atoms with van der Waals surface area (Å²) < 4.78 is 0. The zero-order chi connectivity index (χ0) is 12.8. The van der Waals surface area contributed by atoms with Gasteiger partial charge in [0, 0.05) is 18.6 Å². The van der Waals surface area contributed by atoms with Gasteiger partial charge in [-0.2, -0.15) is 0 Å². The minimum Gasteiger partial charge on any atom is -0.327 e. The van der Waals surface area contributed by atoms with E-state index in [0.717, 1.165) is 25.4 Å². The van der Waals surface area contributed by atoms with Gasteiger partial charge in [-0.1, -0.05) is 43.2 Å². The lowest BCUT2D eigenvalue weighted by atomic mass is 10.0. The summed E-state index contributed by atoms with van der Waals surface area (Å²) in [5.74, 6) is 0. The number of nitrogens with zero attached hydrogens (tertiary/aromatic N) is 1. The molecule has 2 nitrogen and oxygen atoms in total. The average molecular weight is 246 g/mol. The van der Waals surface area contributed by atoms with Gasteiger partial charge in [-0.25, -0.2) is 0 Å². The van der Waals surface area contributed by atoms with Gasteiger partial charge in [0.15, 0.2) is 0 Å². The van der Waals surface area contributed by atoms with E-state index >= 15 is 0 Å². The van der Waals surface area contributed by atoms with Crippen molar-refractivity contribution >= 4 is 0 Å². The van der Waals surface area contributed by atoms with E-state index in [9.17, 15) is 0 Å². The Balaban J connectivity index is 1.70. The molecule has 0 amide bonds. The third-order valence-electron chi connectivity index (χ3n) is 4.12. The first-order valence-corrected chi connectivity index (χ1v) is 7.25. The molecule has 0 bridgehead atoms. The lowest BCUT2D eigenvalue weighted by molar-refractivity contribution is 0.228. The molecule has 1 aromatic carbocycles. The maximum absolute atomic E-state index is 6.25. The third kappa shape index (κ3) is 4.11. The summed E-state index contributed by atoms with van der Waals surface area (Å²) in [6, 6.07) is 11.7. The Morgan fingerprint density at radius 1 is 1.22 bits per heavy atom. The molecule has 2 rings (SSSR count). The fraction of sp³-hybridized carbons (Fsp3) is 0.625. The predicted molar refractivity (Wildman–Crippen MR) is 77.6 cm³/mol. The lowest BCUT2D eigenvalue weighted by Gasteiger charge is -2.27. The van der Waals surface area contributed by atoms with Gasteiger partial charge in [0.2, 0.25) is 0 Å². The van der Waals surface area contributed by atoms with Crippen LogP contribution in [0.15, 0.2) is 30.3 Å². The van der Waals surface area contributed by atoms with Crippen LogP contribution in [0, 0.1) is 0 Å². The monoisotopic (exact) mass is 246 g/mol. The fourth-order valence-corrected chi connectivity index (χ4v) is 2.95. The molecule has 0 aromatic heterocycles. The number of likely N-dealkylation sites (N-methyl/N-ethyl adjacent to an activating group) is 1. The van der Waals surface area contributed by atoms with Gasteiger partial charge in [0.25, 0.3) is 0 Å². The molecule has 2 heteroatoms. The highest BCUT2D eigenvalue weighted by atomic mass is 15.1. The quantitative estimate of drug-likeness (QED) is 0.836. The van der Waals surface area contributed by atoms with Crippen molar-refractivity contribution in [3.8, 4) is 0 Å². The highest BCUT2D eigenvalue weighted by Crippen LogP contribution is 2.22. The van der Waals surface area contributed by atoms with Crippen molar-refractivity contribution in [1.29, 1.82) is 0 Å². The molecular weight excluding hydrogens is 220 g/mol. The van der Waals surface area contributed by atoms with Crippen LogP contribution in [0.3, 0.4) is 0 Å². The minimum atomic E-state index is 0.302. The predicted octanol–water partition coefficient (Wildman–Crippen LogP) is 2.82. The number of rotatable bonds is 6. The van der Waals surface area contributed by atoms with Gasteiger partial charge in [0.1, 0.15) is 0 Å². The summed E-state index contributed by atoms with van der Waals surface area (Å²) in [7, 11) is 2.23. The first-order valence-electron chi connectivity index (χ1n) is 7.25. The van der Waals surface area contributed by atoms with E-state index in [-0.39, 0.29) is 0 Å². The second-order valence-electron chi connectivity index (χ2n) is 5.66. The van der Waals surface area contributed by atoms with Crippen LogP contribution >= 0.6 is 0 Å². The molecule has 18 heavy (non-hydrogen) atoms. The second kappa shape index (κ2) is 6.91. The summed E-state index contributed by atoms with van der Waals surface area (Å²) in [5.41, 5.74) is 7.65. The summed E-state index contributed by atoms with van der Waals surface area (Å²) >= 11 is 0. The van der Waals surface area contributed by atoms with E-state index in [1.807, 2.05) is 0 Å². The first-order chi connectivity index (χ1) is 8.75. The molecular formula is C16H26N2. The van der Waals surface area contributed by atoms with E-state index < -0.39 is 0 Å². The second-order valence-corrected chi connectivity index (χ2v) is 5.66. The van der Waals surface area contributed by atoms with Crippen LogP contribution in [-0.2, 0) is 6.42 Å². The van der Waals surface area contributed by atoms with Crippen LogP contribution in [0.2, 0.25) is 0 Å². The van der Waals surface area contributed by atoms with Crippen molar-refractivity contribution in [2.75, 3.05) is 13.6 Å². The summed E-state index contributed by atoms with van der Waals surface area (Å²) in [6.45, 7) is 1.04. The van der Waals surface area contributed by atoms with Crippen molar-refractivity contribution in [2.24, 2.45) is 5.73 Å². The zero-order valence-corrected chi connectivity index (χ0v) is 11.5. The minimum absolute atomic E-state index is 0.302. The Morgan fingerprint density at radius 2 is 1.89 bits per heavy atom. The molecule has 0 spiro atoms. The normalized spacial score (nSPS) is 18.4. The summed E-state index contributed by atoms with van der Waals surface area (Å²) in [6.07, 6.45) is 7.70. The van der Waals surface area contributed by atoms with E-state index in [1.165, 1.54) is 31.2 Å². The molecule has 1 aliphatic carbocycles. The van der Waals surface area contributed by atoms with E-state index in [4.69, 9.17) is 5.73 Å². The zero-order valence-electron chi connectivity index (χ0n) is 11.5. The number of hydrogen-bond acceptors (Lipinski definition) is 2. The van der Waals surface area contributed by atoms with Crippen LogP contribution in [0.4, 0.5) is 0 Å². The van der Waals surface area contributed by atoms with Crippen molar-refractivity contribution in [3.05, 3.63) is 35.9 Å². The number of aryl methyl sites for hydroxylation is 1. The van der Waals surface area contributed by atoms with E-state index in [0.29, 0.717) is 6.04 Å². The highest BCUT2D eigenvalue weighted by Gasteiger charge is 2.20. The molecule has 0 radical (unpaired) electrons. The van der Waals surface area contributed by atoms with Crippen LogP contribution in [-0.4, -0.2) is 30.6 Å². The van der Waals surface area contributed by atoms with E-state index in [1.54, 1.807) is 0 Å². The van der Waals surface area contributed by atoms with Crippen LogP contribution < -0.4 is 5.73 Å². The topological polar surface area (TPSA) is 29.3 Å². The van der Waals surface area contributed by atoms with Crippen molar-refractivity contribution in [3.63, 3.8) is 0 Å². The molecule has 1 aliphatic rings. The number of benzene rings is 1. The summed E-state index contributed by atoms with van der Waals surface area (Å²) in [4.78, 5) is 2.47. The molecule has 1 unspecified atom stereocenters. The maximum atomic E-state index is 6.25. The molecule has 2 N–H and O–H groups in total. The Hall–Kier alpha value is -0.860. The number of hydrogen-bond donors (Lipinski definition) is 1. The van der Waals surface area contributed by atoms with Gasteiger partial charge in [-0.15, -0.1) is 0 Å². The average Bonchev–Trinajstić information content (AvgIpc) is 2.91. The van der Waals surface area contributed by atoms with Crippen molar-refractivity contribution in [2.45, 2.75) is 50.6 Å². The van der Waals surface area contributed by atoms with Crippen molar-refractivity contribution < 1.29 is 0 Å². The smallest absolute Gasteiger partial charge is 0.0170 e. The summed E-state index contributed by atoms with van der Waals surface area (Å²) in [5, 5.41) is 0. The maximum Gasteiger partial charge on any atom is 0.0170 e. The highest BCUT2D eigenvalue weighted by molar-refractivity contribution is 5.14. The molecule has 1 aromatic rings. The Kier molecular flexibility index (Phi) is 5.21. The van der Waals surface area contributed by atoms with Crippen LogP contribution in [0.25, 0.3) is 0 Å². The van der Waals surface area contributed by atoms with Gasteiger partial charge in [-0.05, 0) is 38.3 Å². The SMILES string of the molecule is CN(CC(N)CCc1ccccc1)C1CCCC1. The largest absolute Gasteiger partial charge is 0.327 e. The van der Waals surface area contributed by atoms with Gasteiger partial charge < -0.3 is 10.6 Å². The lowest BCUT2D eigenvalue weighted by Crippen LogP contribution is -2.40. The molecule has 1 atom stereocenters. The Labute approximate surface area is 111 Å². The fourth-order valence-electron chi connectivity index (χ4n) is 2.95. The van der Waals surface area contributed by atoms with Gasteiger partial charge in [-0.3, -0.25) is 0 Å². The first kappa shape index (κ1) is 13.6. The molecule has 1 fully saturated rings. The molecule has 0 aliphatic heterocycles. The molecule has 0 saturated heterocycles. The van der Waals surface area contributed by atoms with Gasteiger partial charge in [0.05, 0.1) is 0 Å². The third-order valence-corrected chi connectivity index (χ3v) is 4.12. The molecule has 1 saturated carbocycles. The Bertz CT molecular complexity index is 330. The number of nitrogens with two attached hydrogens (primary N) is 1. The van der Waals surface area contributed by atoms with E-state index in [2.05, 4.69) is 42.3 Å². The van der Waals surface area contributed by atoms with Gasteiger partial charge >= 0.3 is 0 Å². The van der Waals surface area contributed by atoms with Crippen LogP contribution in [0.5, 0.6) is 0 Å². The van der Waals surface area contributed by atoms with Crippen molar-refractivity contribution in [1.82, 2.24) is 4.90 Å². The Morgan fingerprint density at radius 3 is 2.56 bits per heavy atom.